The summed E-state index contributed by atoms with van der Waals surface area (Å²) < 4.78 is 0. The third-order valence-corrected chi connectivity index (χ3v) is 3.76. The third-order valence-electron chi connectivity index (χ3n) is 3.76. The molecular formula is C15H18N2O4. The first-order chi connectivity index (χ1) is 9.88. The predicted molar refractivity (Wildman–Crippen MR) is 77.3 cm³/mol. The molecule has 2 atom stereocenters. The summed E-state index contributed by atoms with van der Waals surface area (Å²) in [6.45, 7) is 3.95. The quantitative estimate of drug-likeness (QED) is 0.834. The largest absolute Gasteiger partial charge is 0.481 e. The van der Waals surface area contributed by atoms with Gasteiger partial charge >= 0.3 is 12.0 Å². The van der Waals surface area contributed by atoms with E-state index in [2.05, 4.69) is 5.32 Å². The highest BCUT2D eigenvalue weighted by molar-refractivity contribution is 5.95. The number of anilines is 1. The van der Waals surface area contributed by atoms with Gasteiger partial charge in [-0.15, -0.1) is 0 Å². The van der Waals surface area contributed by atoms with Crippen molar-refractivity contribution in [3.8, 4) is 0 Å². The average Bonchev–Trinajstić information content (AvgIpc) is 2.81. The molecule has 1 aliphatic heterocycles. The topological polar surface area (TPSA) is 86.7 Å². The number of urea groups is 1. The first kappa shape index (κ1) is 15.0. The molecule has 1 heterocycles. The number of hydrogen-bond donors (Lipinski definition) is 2. The van der Waals surface area contributed by atoms with E-state index >= 15 is 0 Å². The number of Topliss-reactive ketones (excluding diaryl/α,β-unsaturated/α-hetero) is 1. The molecule has 2 unspecified atom stereocenters. The molecular weight excluding hydrogens is 272 g/mol. The Balaban J connectivity index is 1.99. The summed E-state index contributed by atoms with van der Waals surface area (Å²) in [6, 6.07) is 6.28. The van der Waals surface area contributed by atoms with Crippen LogP contribution in [0, 0.1) is 11.8 Å². The molecule has 1 saturated heterocycles. The highest BCUT2D eigenvalue weighted by atomic mass is 16.4. The van der Waals surface area contributed by atoms with E-state index in [1.54, 1.807) is 24.3 Å². The molecule has 1 aromatic carbocycles. The van der Waals surface area contributed by atoms with E-state index in [0.29, 0.717) is 17.8 Å². The van der Waals surface area contributed by atoms with Gasteiger partial charge in [0.2, 0.25) is 0 Å². The molecule has 6 heteroatoms. The molecule has 1 aromatic rings. The minimum absolute atomic E-state index is 0.0365. The lowest BCUT2D eigenvalue weighted by Gasteiger charge is -2.17. The van der Waals surface area contributed by atoms with Crippen LogP contribution in [0.1, 0.15) is 24.2 Å². The predicted octanol–water partition coefficient (Wildman–Crippen LogP) is 2.07. The van der Waals surface area contributed by atoms with Crippen molar-refractivity contribution in [2.75, 3.05) is 18.4 Å². The number of aliphatic carboxylic acids is 1. The summed E-state index contributed by atoms with van der Waals surface area (Å²) in [7, 11) is 0. The van der Waals surface area contributed by atoms with E-state index in [-0.39, 0.29) is 24.3 Å². The maximum Gasteiger partial charge on any atom is 0.321 e. The molecule has 6 nitrogen and oxygen atoms in total. The number of ketones is 1. The summed E-state index contributed by atoms with van der Waals surface area (Å²) >= 11 is 0. The number of carboxylic acid groups (broad SMARTS) is 1. The summed E-state index contributed by atoms with van der Waals surface area (Å²) in [5.74, 6) is -1.49. The fourth-order valence-electron chi connectivity index (χ4n) is 2.44. The van der Waals surface area contributed by atoms with Crippen LogP contribution in [0.25, 0.3) is 0 Å². The summed E-state index contributed by atoms with van der Waals surface area (Å²) in [5, 5.41) is 11.8. The monoisotopic (exact) mass is 290 g/mol. The second-order valence-corrected chi connectivity index (χ2v) is 5.39. The highest BCUT2D eigenvalue weighted by Gasteiger charge is 2.36. The van der Waals surface area contributed by atoms with Crippen molar-refractivity contribution in [2.24, 2.45) is 11.8 Å². The first-order valence-electron chi connectivity index (χ1n) is 6.78. The number of rotatable bonds is 3. The van der Waals surface area contributed by atoms with Crippen LogP contribution in [-0.2, 0) is 4.79 Å². The van der Waals surface area contributed by atoms with Crippen LogP contribution in [0.15, 0.2) is 24.3 Å². The van der Waals surface area contributed by atoms with Crippen molar-refractivity contribution in [2.45, 2.75) is 13.8 Å². The Labute approximate surface area is 122 Å². The molecule has 1 aliphatic rings. The maximum absolute atomic E-state index is 12.1. The van der Waals surface area contributed by atoms with Crippen molar-refractivity contribution in [1.82, 2.24) is 4.90 Å². The molecule has 0 saturated carbocycles. The van der Waals surface area contributed by atoms with E-state index in [9.17, 15) is 14.4 Å². The van der Waals surface area contributed by atoms with Crippen LogP contribution in [0.4, 0.5) is 10.5 Å². The normalized spacial score (nSPS) is 21.1. The van der Waals surface area contributed by atoms with Crippen LogP contribution in [-0.4, -0.2) is 40.9 Å². The van der Waals surface area contributed by atoms with E-state index in [4.69, 9.17) is 5.11 Å². The van der Waals surface area contributed by atoms with Gasteiger partial charge in [0.05, 0.1) is 5.92 Å². The van der Waals surface area contributed by atoms with Gasteiger partial charge in [-0.3, -0.25) is 9.59 Å². The van der Waals surface area contributed by atoms with Crippen molar-refractivity contribution in [1.29, 1.82) is 0 Å². The van der Waals surface area contributed by atoms with Crippen molar-refractivity contribution < 1.29 is 19.5 Å². The number of likely N-dealkylation sites (tertiary alicyclic amines) is 1. The zero-order valence-corrected chi connectivity index (χ0v) is 12.0. The van der Waals surface area contributed by atoms with Crippen LogP contribution >= 0.6 is 0 Å². The second kappa shape index (κ2) is 5.95. The molecule has 1 fully saturated rings. The molecule has 0 bridgehead atoms. The van der Waals surface area contributed by atoms with Crippen molar-refractivity contribution in [3.05, 3.63) is 29.8 Å². The Morgan fingerprint density at radius 3 is 2.29 bits per heavy atom. The van der Waals surface area contributed by atoms with Gasteiger partial charge < -0.3 is 15.3 Å². The number of benzene rings is 1. The minimum atomic E-state index is -0.872. The Kier molecular flexibility index (Phi) is 4.26. The lowest BCUT2D eigenvalue weighted by Crippen LogP contribution is -2.33. The SMILES string of the molecule is CC(=O)c1ccc(NC(=O)N2CC(C)C(C(=O)O)C2)cc1. The summed E-state index contributed by atoms with van der Waals surface area (Å²) in [5.41, 5.74) is 1.16. The van der Waals surface area contributed by atoms with E-state index in [1.807, 2.05) is 6.92 Å². The number of hydrogen-bond acceptors (Lipinski definition) is 3. The number of nitrogens with one attached hydrogen (secondary N) is 1. The number of carbonyl (C=O) groups is 3. The van der Waals surface area contributed by atoms with Gasteiger partial charge in [0, 0.05) is 24.3 Å². The first-order valence-corrected chi connectivity index (χ1v) is 6.78. The smallest absolute Gasteiger partial charge is 0.321 e. The average molecular weight is 290 g/mol. The van der Waals surface area contributed by atoms with E-state index < -0.39 is 11.9 Å². The second-order valence-electron chi connectivity index (χ2n) is 5.39. The fourth-order valence-corrected chi connectivity index (χ4v) is 2.44. The number of carboxylic acids is 1. The lowest BCUT2D eigenvalue weighted by atomic mass is 9.99. The standard InChI is InChI=1S/C15H18N2O4/c1-9-7-17(8-13(9)14(19)20)15(21)16-12-5-3-11(4-6-12)10(2)18/h3-6,9,13H,7-8H2,1-2H3,(H,16,21)(H,19,20). The van der Waals surface area contributed by atoms with Gasteiger partial charge in [0.1, 0.15) is 0 Å². The molecule has 2 N–H and O–H groups in total. The highest BCUT2D eigenvalue weighted by Crippen LogP contribution is 2.24. The Hall–Kier alpha value is -2.37. The van der Waals surface area contributed by atoms with E-state index in [1.165, 1.54) is 11.8 Å². The third kappa shape index (κ3) is 3.39. The molecule has 0 spiro atoms. The zero-order chi connectivity index (χ0) is 15.6. The number of amides is 2. The summed E-state index contributed by atoms with van der Waals surface area (Å²) in [6.07, 6.45) is 0. The molecule has 2 rings (SSSR count). The lowest BCUT2D eigenvalue weighted by molar-refractivity contribution is -0.142. The minimum Gasteiger partial charge on any atom is -0.481 e. The molecule has 2 amide bonds. The van der Waals surface area contributed by atoms with Crippen molar-refractivity contribution in [3.63, 3.8) is 0 Å². The van der Waals surface area contributed by atoms with Crippen LogP contribution in [0.2, 0.25) is 0 Å². The van der Waals surface area contributed by atoms with Gasteiger partial charge in [-0.1, -0.05) is 6.92 Å². The zero-order valence-electron chi connectivity index (χ0n) is 12.0. The summed E-state index contributed by atoms with van der Waals surface area (Å²) in [4.78, 5) is 35.8. The van der Waals surface area contributed by atoms with Gasteiger partial charge in [0.25, 0.3) is 0 Å². The van der Waals surface area contributed by atoms with Gasteiger partial charge in [0.15, 0.2) is 5.78 Å². The van der Waals surface area contributed by atoms with Crippen molar-refractivity contribution >= 4 is 23.5 Å². The van der Waals surface area contributed by atoms with Crippen LogP contribution in [0.5, 0.6) is 0 Å². The van der Waals surface area contributed by atoms with Crippen LogP contribution < -0.4 is 5.32 Å². The molecule has 21 heavy (non-hydrogen) atoms. The van der Waals surface area contributed by atoms with Gasteiger partial charge in [-0.05, 0) is 37.1 Å². The molecule has 112 valence electrons. The van der Waals surface area contributed by atoms with Gasteiger partial charge in [-0.2, -0.15) is 0 Å². The molecule has 0 aromatic heterocycles. The number of nitrogens with zero attached hydrogens (tertiary/aromatic N) is 1. The maximum atomic E-state index is 12.1. The molecule has 0 radical (unpaired) electrons. The van der Waals surface area contributed by atoms with Crippen LogP contribution in [0.3, 0.4) is 0 Å². The Morgan fingerprint density at radius 2 is 1.81 bits per heavy atom. The number of carbonyl (C=O) groups excluding carboxylic acids is 2. The Morgan fingerprint density at radius 1 is 1.19 bits per heavy atom. The fraction of sp³-hybridized carbons (Fsp3) is 0.400. The van der Waals surface area contributed by atoms with Gasteiger partial charge in [-0.25, -0.2) is 4.79 Å². The Bertz CT molecular complexity index is 568. The molecule has 0 aliphatic carbocycles. The van der Waals surface area contributed by atoms with E-state index in [0.717, 1.165) is 0 Å².